The van der Waals surface area contributed by atoms with Crippen LogP contribution in [0.15, 0.2) is 10.4 Å². The molecule has 0 aromatic heterocycles. The van der Waals surface area contributed by atoms with Crippen LogP contribution in [0.1, 0.15) is 6.92 Å². The van der Waals surface area contributed by atoms with Crippen LogP contribution in [0, 0.1) is 0 Å². The highest BCUT2D eigenvalue weighted by atomic mass is 16.2. The lowest BCUT2D eigenvalue weighted by molar-refractivity contribution is -0.119. The van der Waals surface area contributed by atoms with Gasteiger partial charge >= 0.3 is 0 Å². The van der Waals surface area contributed by atoms with Crippen molar-refractivity contribution in [1.29, 1.82) is 0 Å². The molecule has 0 aromatic rings. The Kier molecular flexibility index (Phi) is 2.58. The number of rotatable bonds is 1. The zero-order chi connectivity index (χ0) is 5.70. The van der Waals surface area contributed by atoms with Gasteiger partial charge in [0.2, 0.25) is 5.91 Å². The third-order valence-corrected chi connectivity index (χ3v) is 0.265. The van der Waals surface area contributed by atoms with Gasteiger partial charge in [0, 0.05) is 6.92 Å². The van der Waals surface area contributed by atoms with Gasteiger partial charge in [-0.2, -0.15) is 0 Å². The van der Waals surface area contributed by atoms with E-state index >= 15 is 0 Å². The lowest BCUT2D eigenvalue weighted by atomic mass is 10.8. The van der Waals surface area contributed by atoms with E-state index in [1.165, 1.54) is 6.92 Å². The minimum Gasteiger partial charge on any atom is -0.303 e. The van der Waals surface area contributed by atoms with Crippen molar-refractivity contribution >= 4 is 5.91 Å². The lowest BCUT2D eigenvalue weighted by Crippen LogP contribution is -2.11. The molecule has 0 saturated carbocycles. The van der Waals surface area contributed by atoms with Crippen molar-refractivity contribution < 1.29 is 4.79 Å². The van der Waals surface area contributed by atoms with Gasteiger partial charge in [0.05, 0.1) is 0 Å². The van der Waals surface area contributed by atoms with E-state index in [9.17, 15) is 4.79 Å². The first-order chi connectivity index (χ1) is 3.27. The molecule has 40 valence electrons. The van der Waals surface area contributed by atoms with E-state index in [1.807, 2.05) is 5.43 Å². The predicted molar refractivity (Wildman–Crippen MR) is 22.9 cm³/mol. The summed E-state index contributed by atoms with van der Waals surface area (Å²) < 4.78 is 0. The molecule has 5 nitrogen and oxygen atoms in total. The van der Waals surface area contributed by atoms with Gasteiger partial charge in [0.25, 0.3) is 0 Å². The third-order valence-electron chi connectivity index (χ3n) is 0.265. The summed E-state index contributed by atoms with van der Waals surface area (Å²) in [4.78, 5) is 9.88. The Morgan fingerprint density at radius 2 is 2.43 bits per heavy atom. The molecule has 7 heavy (non-hydrogen) atoms. The Balaban J connectivity index is 3.14. The molecular weight excluding hydrogens is 96.0 g/mol. The molecule has 0 aromatic carbocycles. The number of nitrogens with zero attached hydrogens (tertiary/aromatic N) is 2. The molecule has 0 spiro atoms. The smallest absolute Gasteiger partial charge is 0.238 e. The SMILES string of the molecule is CC(=O)NN=NN. The van der Waals surface area contributed by atoms with Crippen LogP contribution in [0.25, 0.3) is 0 Å². The van der Waals surface area contributed by atoms with Crippen molar-refractivity contribution in [2.24, 2.45) is 16.3 Å². The summed E-state index contributed by atoms with van der Waals surface area (Å²) in [7, 11) is 0. The molecule has 0 aliphatic heterocycles. The quantitative estimate of drug-likeness (QED) is 0.262. The summed E-state index contributed by atoms with van der Waals surface area (Å²) >= 11 is 0. The summed E-state index contributed by atoms with van der Waals surface area (Å²) in [5.74, 6) is 4.24. The number of amides is 1. The van der Waals surface area contributed by atoms with Gasteiger partial charge in [0.1, 0.15) is 0 Å². The minimum atomic E-state index is -0.283. The topological polar surface area (TPSA) is 79.8 Å². The largest absolute Gasteiger partial charge is 0.303 e. The minimum absolute atomic E-state index is 0.283. The number of carbonyl (C=O) groups excluding carboxylic acids is 1. The Hall–Kier alpha value is -1.13. The molecule has 3 N–H and O–H groups in total. The zero-order valence-corrected chi connectivity index (χ0v) is 3.88. The maximum absolute atomic E-state index is 9.88. The highest BCUT2D eigenvalue weighted by molar-refractivity contribution is 5.72. The molecule has 0 saturated heterocycles. The molecule has 0 heterocycles. The van der Waals surface area contributed by atoms with Crippen molar-refractivity contribution in [1.82, 2.24) is 5.43 Å². The van der Waals surface area contributed by atoms with Gasteiger partial charge in [-0.3, -0.25) is 4.79 Å². The maximum Gasteiger partial charge on any atom is 0.238 e. The van der Waals surface area contributed by atoms with Crippen molar-refractivity contribution in [3.05, 3.63) is 0 Å². The fourth-order valence-electron chi connectivity index (χ4n) is 0.0993. The van der Waals surface area contributed by atoms with Crippen LogP contribution in [0.4, 0.5) is 0 Å². The number of hydrogen-bond donors (Lipinski definition) is 2. The first-order valence-corrected chi connectivity index (χ1v) is 1.64. The summed E-state index contributed by atoms with van der Waals surface area (Å²) in [6.45, 7) is 1.31. The van der Waals surface area contributed by atoms with Crippen molar-refractivity contribution in [3.8, 4) is 0 Å². The van der Waals surface area contributed by atoms with Gasteiger partial charge in [-0.05, 0) is 5.22 Å². The third kappa shape index (κ3) is 4.87. The van der Waals surface area contributed by atoms with Crippen LogP contribution >= 0.6 is 0 Å². The molecule has 0 fully saturated rings. The Morgan fingerprint density at radius 3 is 2.57 bits per heavy atom. The number of nitrogens with one attached hydrogen (secondary N) is 1. The van der Waals surface area contributed by atoms with Crippen molar-refractivity contribution in [2.75, 3.05) is 0 Å². The van der Waals surface area contributed by atoms with Crippen LogP contribution in [0.5, 0.6) is 0 Å². The van der Waals surface area contributed by atoms with E-state index < -0.39 is 0 Å². The zero-order valence-electron chi connectivity index (χ0n) is 3.88. The van der Waals surface area contributed by atoms with E-state index in [2.05, 4.69) is 16.3 Å². The van der Waals surface area contributed by atoms with Gasteiger partial charge in [0.15, 0.2) is 0 Å². The Bertz CT molecular complexity index is 87.7. The first kappa shape index (κ1) is 5.87. The highest BCUT2D eigenvalue weighted by Crippen LogP contribution is 1.58. The summed E-state index contributed by atoms with van der Waals surface area (Å²) in [5.41, 5.74) is 1.99. The van der Waals surface area contributed by atoms with Gasteiger partial charge < -0.3 is 5.84 Å². The standard InChI is InChI=1S/C2H6N4O/c1-2(7)4-6-5-3/h1H3,(H2,3,6)(H,4,5,7). The van der Waals surface area contributed by atoms with Crippen molar-refractivity contribution in [2.45, 2.75) is 6.92 Å². The molecule has 0 aliphatic carbocycles. The second-order valence-corrected chi connectivity index (χ2v) is 0.883. The van der Waals surface area contributed by atoms with Gasteiger partial charge in [-0.25, -0.2) is 5.43 Å². The second-order valence-electron chi connectivity index (χ2n) is 0.883. The van der Waals surface area contributed by atoms with Crippen LogP contribution in [0.3, 0.4) is 0 Å². The average Bonchev–Trinajstić information content (AvgIpc) is 1.61. The predicted octanol–water partition coefficient (Wildman–Crippen LogP) is -0.637. The first-order valence-electron chi connectivity index (χ1n) is 1.64. The van der Waals surface area contributed by atoms with E-state index in [-0.39, 0.29) is 5.91 Å². The molecule has 0 rings (SSSR count). The number of nitrogens with two attached hydrogens (primary N) is 1. The van der Waals surface area contributed by atoms with Crippen LogP contribution in [0.2, 0.25) is 0 Å². The van der Waals surface area contributed by atoms with E-state index in [0.29, 0.717) is 0 Å². The van der Waals surface area contributed by atoms with E-state index in [4.69, 9.17) is 0 Å². The molecule has 1 amide bonds. The Labute approximate surface area is 40.5 Å². The Morgan fingerprint density at radius 1 is 1.86 bits per heavy atom. The molecule has 0 aliphatic rings. The summed E-state index contributed by atoms with van der Waals surface area (Å²) in [6.07, 6.45) is 0. The maximum atomic E-state index is 9.88. The normalized spacial score (nSPS) is 9.29. The highest BCUT2D eigenvalue weighted by Gasteiger charge is 1.79. The van der Waals surface area contributed by atoms with Gasteiger partial charge in [-0.1, -0.05) is 5.22 Å². The molecule has 0 atom stereocenters. The number of carbonyl (C=O) groups is 1. The van der Waals surface area contributed by atoms with Crippen LogP contribution < -0.4 is 11.3 Å². The molecule has 0 bridgehead atoms. The summed E-state index contributed by atoms with van der Waals surface area (Å²) in [6, 6.07) is 0. The summed E-state index contributed by atoms with van der Waals surface area (Å²) in [5, 5.41) is 5.74. The van der Waals surface area contributed by atoms with E-state index in [0.717, 1.165) is 0 Å². The van der Waals surface area contributed by atoms with Crippen LogP contribution in [-0.2, 0) is 4.79 Å². The average molecular weight is 102 g/mol. The van der Waals surface area contributed by atoms with Crippen molar-refractivity contribution in [3.63, 3.8) is 0 Å². The van der Waals surface area contributed by atoms with Gasteiger partial charge in [-0.15, -0.1) is 0 Å². The molecular formula is C2H6N4O. The fraction of sp³-hybridized carbons (Fsp3) is 0.500. The molecule has 0 radical (unpaired) electrons. The second kappa shape index (κ2) is 3.08. The van der Waals surface area contributed by atoms with E-state index in [1.54, 1.807) is 0 Å². The molecule has 5 heteroatoms. The lowest BCUT2D eigenvalue weighted by Gasteiger charge is -1.82. The fourth-order valence-corrected chi connectivity index (χ4v) is 0.0993. The molecule has 0 unspecified atom stereocenters. The van der Waals surface area contributed by atoms with Crippen LogP contribution in [-0.4, -0.2) is 5.91 Å². The monoisotopic (exact) mass is 102 g/mol. The number of hydrogen-bond acceptors (Lipinski definition) is 3.